The topological polar surface area (TPSA) is 87.1 Å². The second-order valence-corrected chi connectivity index (χ2v) is 4.85. The van der Waals surface area contributed by atoms with Crippen LogP contribution in [-0.2, 0) is 0 Å². The van der Waals surface area contributed by atoms with Gasteiger partial charge in [0.15, 0.2) is 0 Å². The summed E-state index contributed by atoms with van der Waals surface area (Å²) in [6.07, 6.45) is 0. The lowest BCUT2D eigenvalue weighted by molar-refractivity contribution is -0.384. The summed E-state index contributed by atoms with van der Waals surface area (Å²) in [4.78, 5) is 19.8. The van der Waals surface area contributed by atoms with Crippen LogP contribution in [0.25, 0.3) is 11.0 Å². The highest BCUT2D eigenvalue weighted by Crippen LogP contribution is 2.20. The molecule has 7 heteroatoms. The van der Waals surface area contributed by atoms with Gasteiger partial charge in [-0.1, -0.05) is 0 Å². The zero-order valence-corrected chi connectivity index (χ0v) is 11.2. The van der Waals surface area contributed by atoms with E-state index in [2.05, 4.69) is 27.1 Å². The molecule has 7 nitrogen and oxygen atoms in total. The standard InChI is InChI=1S/C12H17N5O2/c1-8(7-16(2)3)13-12-14-10-5-4-9(17(18)19)6-11(10)15-12/h4-6,8H,7H2,1-3H3,(H2,13,14,15). The lowest BCUT2D eigenvalue weighted by Crippen LogP contribution is -2.29. The number of hydrogen-bond acceptors (Lipinski definition) is 5. The number of nitrogens with zero attached hydrogens (tertiary/aromatic N) is 3. The Labute approximate surface area is 110 Å². The number of H-pyrrole nitrogens is 1. The first kappa shape index (κ1) is 13.3. The number of aromatic amines is 1. The number of nitrogens with one attached hydrogen (secondary N) is 2. The van der Waals surface area contributed by atoms with Gasteiger partial charge in [0.2, 0.25) is 5.95 Å². The number of benzene rings is 1. The van der Waals surface area contributed by atoms with Crippen molar-refractivity contribution >= 4 is 22.7 Å². The predicted molar refractivity (Wildman–Crippen MR) is 74.4 cm³/mol. The van der Waals surface area contributed by atoms with Crippen LogP contribution < -0.4 is 5.32 Å². The van der Waals surface area contributed by atoms with E-state index in [-0.39, 0.29) is 11.7 Å². The van der Waals surface area contributed by atoms with E-state index in [4.69, 9.17) is 0 Å². The second-order valence-electron chi connectivity index (χ2n) is 4.85. The van der Waals surface area contributed by atoms with E-state index in [1.54, 1.807) is 6.07 Å². The van der Waals surface area contributed by atoms with Crippen LogP contribution in [0, 0.1) is 10.1 Å². The molecule has 0 amide bonds. The third-order valence-electron chi connectivity index (χ3n) is 2.70. The van der Waals surface area contributed by atoms with Gasteiger partial charge in [-0.15, -0.1) is 0 Å². The van der Waals surface area contributed by atoms with Gasteiger partial charge in [0.25, 0.3) is 5.69 Å². The number of aromatic nitrogens is 2. The maximum atomic E-state index is 10.7. The van der Waals surface area contributed by atoms with Crippen molar-refractivity contribution in [2.24, 2.45) is 0 Å². The smallest absolute Gasteiger partial charge is 0.271 e. The van der Waals surface area contributed by atoms with Crippen molar-refractivity contribution in [2.45, 2.75) is 13.0 Å². The molecule has 0 bridgehead atoms. The average Bonchev–Trinajstić information content (AvgIpc) is 2.68. The van der Waals surface area contributed by atoms with Gasteiger partial charge in [-0.2, -0.15) is 0 Å². The van der Waals surface area contributed by atoms with Gasteiger partial charge in [-0.25, -0.2) is 4.98 Å². The maximum absolute atomic E-state index is 10.7. The fraction of sp³-hybridized carbons (Fsp3) is 0.417. The fourth-order valence-electron chi connectivity index (χ4n) is 2.01. The molecule has 2 aromatic rings. The number of rotatable bonds is 5. The third kappa shape index (κ3) is 3.19. The minimum atomic E-state index is -0.415. The molecule has 102 valence electrons. The molecule has 2 rings (SSSR count). The first-order valence-corrected chi connectivity index (χ1v) is 6.01. The first-order valence-electron chi connectivity index (χ1n) is 6.01. The number of fused-ring (bicyclic) bond motifs is 1. The van der Waals surface area contributed by atoms with Gasteiger partial charge in [0.05, 0.1) is 16.0 Å². The van der Waals surface area contributed by atoms with Crippen molar-refractivity contribution in [3.63, 3.8) is 0 Å². The van der Waals surface area contributed by atoms with Gasteiger partial charge in [-0.3, -0.25) is 10.1 Å². The maximum Gasteiger partial charge on any atom is 0.271 e. The van der Waals surface area contributed by atoms with Crippen LogP contribution in [0.4, 0.5) is 11.6 Å². The van der Waals surface area contributed by atoms with Crippen molar-refractivity contribution in [1.29, 1.82) is 0 Å². The van der Waals surface area contributed by atoms with Crippen molar-refractivity contribution < 1.29 is 4.92 Å². The lowest BCUT2D eigenvalue weighted by Gasteiger charge is -2.17. The monoisotopic (exact) mass is 263 g/mol. The van der Waals surface area contributed by atoms with Crippen molar-refractivity contribution in [2.75, 3.05) is 26.0 Å². The molecular weight excluding hydrogens is 246 g/mol. The van der Waals surface area contributed by atoms with E-state index in [9.17, 15) is 10.1 Å². The highest BCUT2D eigenvalue weighted by molar-refractivity contribution is 5.79. The highest BCUT2D eigenvalue weighted by Gasteiger charge is 2.11. The Morgan fingerprint density at radius 3 is 2.89 bits per heavy atom. The molecule has 1 atom stereocenters. The number of imidazole rings is 1. The number of anilines is 1. The van der Waals surface area contributed by atoms with Crippen molar-refractivity contribution in [1.82, 2.24) is 14.9 Å². The van der Waals surface area contributed by atoms with Crippen LogP contribution in [0.3, 0.4) is 0 Å². The number of nitro benzene ring substituents is 1. The van der Waals surface area contributed by atoms with Gasteiger partial charge >= 0.3 is 0 Å². The Morgan fingerprint density at radius 2 is 2.26 bits per heavy atom. The van der Waals surface area contributed by atoms with Gasteiger partial charge in [0, 0.05) is 24.7 Å². The fourth-order valence-corrected chi connectivity index (χ4v) is 2.01. The molecule has 1 unspecified atom stereocenters. The highest BCUT2D eigenvalue weighted by atomic mass is 16.6. The summed E-state index contributed by atoms with van der Waals surface area (Å²) in [5, 5.41) is 13.9. The van der Waals surface area contributed by atoms with Crippen LogP contribution in [0.1, 0.15) is 6.92 Å². The number of nitro groups is 1. The molecule has 1 heterocycles. The Balaban J connectivity index is 2.19. The Hall–Kier alpha value is -2.15. The SMILES string of the molecule is CC(CN(C)C)Nc1nc2ccc([N+](=O)[O-])cc2[nH]1. The third-order valence-corrected chi connectivity index (χ3v) is 2.70. The normalized spacial score (nSPS) is 12.8. The van der Waals surface area contributed by atoms with E-state index in [0.29, 0.717) is 17.0 Å². The van der Waals surface area contributed by atoms with E-state index in [1.165, 1.54) is 12.1 Å². The number of hydrogen-bond donors (Lipinski definition) is 2. The van der Waals surface area contributed by atoms with Crippen molar-refractivity contribution in [3.8, 4) is 0 Å². The average molecular weight is 263 g/mol. The minimum absolute atomic E-state index is 0.0593. The molecule has 0 saturated carbocycles. The molecule has 0 aliphatic rings. The largest absolute Gasteiger partial charge is 0.352 e. The zero-order chi connectivity index (χ0) is 14.0. The van der Waals surface area contributed by atoms with Crippen LogP contribution in [0.15, 0.2) is 18.2 Å². The summed E-state index contributed by atoms with van der Waals surface area (Å²) >= 11 is 0. The predicted octanol–water partition coefficient (Wildman–Crippen LogP) is 1.83. The van der Waals surface area contributed by atoms with Crippen LogP contribution in [0.2, 0.25) is 0 Å². The quantitative estimate of drug-likeness (QED) is 0.634. The molecule has 0 fully saturated rings. The van der Waals surface area contributed by atoms with Crippen LogP contribution in [0.5, 0.6) is 0 Å². The molecule has 0 aliphatic heterocycles. The van der Waals surface area contributed by atoms with Crippen LogP contribution >= 0.6 is 0 Å². The number of likely N-dealkylation sites (N-methyl/N-ethyl adjacent to an activating group) is 1. The first-order chi connectivity index (χ1) is 8.95. The zero-order valence-electron chi connectivity index (χ0n) is 11.2. The van der Waals surface area contributed by atoms with Gasteiger partial charge in [0.1, 0.15) is 0 Å². The molecule has 0 spiro atoms. The minimum Gasteiger partial charge on any atom is -0.352 e. The second kappa shape index (κ2) is 5.23. The van der Waals surface area contributed by atoms with Gasteiger partial charge in [-0.05, 0) is 27.1 Å². The summed E-state index contributed by atoms with van der Waals surface area (Å²) in [6.45, 7) is 2.92. The van der Waals surface area contributed by atoms with E-state index >= 15 is 0 Å². The summed E-state index contributed by atoms with van der Waals surface area (Å²) in [5.41, 5.74) is 1.43. The molecule has 0 saturated heterocycles. The van der Waals surface area contributed by atoms with Crippen molar-refractivity contribution in [3.05, 3.63) is 28.3 Å². The molecule has 0 aliphatic carbocycles. The Bertz CT molecular complexity index is 593. The Kier molecular flexibility index (Phi) is 3.66. The molecule has 2 N–H and O–H groups in total. The summed E-state index contributed by atoms with van der Waals surface area (Å²) < 4.78 is 0. The molecule has 19 heavy (non-hydrogen) atoms. The lowest BCUT2D eigenvalue weighted by atomic mass is 10.3. The number of non-ortho nitro benzene ring substituents is 1. The molecule has 0 radical (unpaired) electrons. The molecular formula is C12H17N5O2. The summed E-state index contributed by atoms with van der Waals surface area (Å²) in [7, 11) is 4.00. The van der Waals surface area contributed by atoms with Gasteiger partial charge < -0.3 is 15.2 Å². The van der Waals surface area contributed by atoms with E-state index in [1.807, 2.05) is 14.1 Å². The summed E-state index contributed by atoms with van der Waals surface area (Å²) in [6, 6.07) is 4.82. The van der Waals surface area contributed by atoms with E-state index in [0.717, 1.165) is 6.54 Å². The summed E-state index contributed by atoms with van der Waals surface area (Å²) in [5.74, 6) is 0.629. The Morgan fingerprint density at radius 1 is 1.53 bits per heavy atom. The molecule has 1 aromatic heterocycles. The molecule has 1 aromatic carbocycles. The van der Waals surface area contributed by atoms with E-state index < -0.39 is 4.92 Å². The van der Waals surface area contributed by atoms with Crippen LogP contribution in [-0.4, -0.2) is 46.5 Å².